The number of nitrogens with two attached hydrogens (primary N) is 1. The molecule has 19 heavy (non-hydrogen) atoms. The lowest BCUT2D eigenvalue weighted by molar-refractivity contribution is -0.159. The molecule has 0 aliphatic carbocycles. The summed E-state index contributed by atoms with van der Waals surface area (Å²) in [5.41, 5.74) is 6.21. The monoisotopic (exact) mass is 265 g/mol. The Morgan fingerprint density at radius 3 is 2.58 bits per heavy atom. The molecule has 0 spiro atoms. The van der Waals surface area contributed by atoms with E-state index in [9.17, 15) is 4.79 Å². The Morgan fingerprint density at radius 2 is 2.05 bits per heavy atom. The van der Waals surface area contributed by atoms with Gasteiger partial charge in [0.1, 0.15) is 11.4 Å². The average molecular weight is 265 g/mol. The van der Waals surface area contributed by atoms with Gasteiger partial charge in [0.15, 0.2) is 0 Å². The van der Waals surface area contributed by atoms with E-state index in [1.54, 1.807) is 7.11 Å². The zero-order valence-corrected chi connectivity index (χ0v) is 12.1. The first-order valence-electron chi connectivity index (χ1n) is 6.41. The Morgan fingerprint density at radius 1 is 1.37 bits per heavy atom. The van der Waals surface area contributed by atoms with Gasteiger partial charge < -0.3 is 15.2 Å². The van der Waals surface area contributed by atoms with Gasteiger partial charge in [0.25, 0.3) is 0 Å². The number of ether oxygens (including phenoxy) is 2. The van der Waals surface area contributed by atoms with E-state index >= 15 is 0 Å². The molecule has 1 rings (SSSR count). The van der Waals surface area contributed by atoms with E-state index in [0.29, 0.717) is 6.42 Å². The summed E-state index contributed by atoms with van der Waals surface area (Å²) in [6.07, 6.45) is 0.558. The van der Waals surface area contributed by atoms with Gasteiger partial charge in [0, 0.05) is 6.54 Å². The Hall–Kier alpha value is -1.55. The number of esters is 1. The number of hydrogen-bond acceptors (Lipinski definition) is 4. The summed E-state index contributed by atoms with van der Waals surface area (Å²) in [5.74, 6) is 0.196. The minimum atomic E-state index is -0.487. The predicted octanol–water partition coefficient (Wildman–Crippen LogP) is 2.15. The van der Waals surface area contributed by atoms with Gasteiger partial charge in [0.2, 0.25) is 0 Å². The van der Waals surface area contributed by atoms with Crippen molar-refractivity contribution in [1.29, 1.82) is 0 Å². The van der Waals surface area contributed by atoms with Crippen LogP contribution in [0.25, 0.3) is 0 Å². The molecular weight excluding hydrogens is 242 g/mol. The van der Waals surface area contributed by atoms with Gasteiger partial charge >= 0.3 is 5.97 Å². The normalized spacial score (nSPS) is 12.9. The first-order valence-corrected chi connectivity index (χ1v) is 6.41. The molecule has 0 fully saturated rings. The average Bonchev–Trinajstić information content (AvgIpc) is 2.34. The third kappa shape index (κ3) is 5.30. The Bertz CT molecular complexity index is 424. The summed E-state index contributed by atoms with van der Waals surface area (Å²) in [6, 6.07) is 7.63. The highest BCUT2D eigenvalue weighted by atomic mass is 16.6. The molecule has 0 bridgehead atoms. The van der Waals surface area contributed by atoms with Crippen LogP contribution in [-0.2, 0) is 16.0 Å². The van der Waals surface area contributed by atoms with E-state index in [-0.39, 0.29) is 18.4 Å². The first-order chi connectivity index (χ1) is 8.85. The largest absolute Gasteiger partial charge is 0.497 e. The first kappa shape index (κ1) is 15.5. The number of methoxy groups -OCH3 is 1. The summed E-state index contributed by atoms with van der Waals surface area (Å²) < 4.78 is 10.5. The second-order valence-corrected chi connectivity index (χ2v) is 5.52. The molecule has 0 aliphatic rings. The highest BCUT2D eigenvalue weighted by Gasteiger charge is 2.24. The molecule has 0 aromatic heterocycles. The van der Waals surface area contributed by atoms with Crippen LogP contribution in [0.15, 0.2) is 24.3 Å². The maximum absolute atomic E-state index is 12.0. The molecule has 1 aromatic carbocycles. The van der Waals surface area contributed by atoms with Gasteiger partial charge in [-0.05, 0) is 44.9 Å². The van der Waals surface area contributed by atoms with E-state index in [2.05, 4.69) is 0 Å². The van der Waals surface area contributed by atoms with Gasteiger partial charge in [-0.1, -0.05) is 12.1 Å². The van der Waals surface area contributed by atoms with Crippen LogP contribution in [0.1, 0.15) is 26.3 Å². The van der Waals surface area contributed by atoms with E-state index in [0.717, 1.165) is 11.3 Å². The second kappa shape index (κ2) is 6.57. The summed E-state index contributed by atoms with van der Waals surface area (Å²) in [5, 5.41) is 0. The van der Waals surface area contributed by atoms with Gasteiger partial charge in [-0.25, -0.2) is 0 Å². The topological polar surface area (TPSA) is 61.5 Å². The van der Waals surface area contributed by atoms with Crippen LogP contribution >= 0.6 is 0 Å². The van der Waals surface area contributed by atoms with Crippen molar-refractivity contribution >= 4 is 5.97 Å². The zero-order chi connectivity index (χ0) is 14.5. The number of benzene rings is 1. The van der Waals surface area contributed by atoms with Gasteiger partial charge in [0.05, 0.1) is 13.0 Å². The predicted molar refractivity (Wildman–Crippen MR) is 75.1 cm³/mol. The molecule has 106 valence electrons. The van der Waals surface area contributed by atoms with E-state index in [4.69, 9.17) is 15.2 Å². The second-order valence-electron chi connectivity index (χ2n) is 5.52. The highest BCUT2D eigenvalue weighted by Crippen LogP contribution is 2.18. The van der Waals surface area contributed by atoms with Crippen molar-refractivity contribution in [3.05, 3.63) is 29.8 Å². The quantitative estimate of drug-likeness (QED) is 0.829. The lowest BCUT2D eigenvalue weighted by Crippen LogP contribution is -2.33. The number of carbonyl (C=O) groups excluding carboxylic acids is 1. The van der Waals surface area contributed by atoms with Crippen molar-refractivity contribution in [2.24, 2.45) is 11.7 Å². The van der Waals surface area contributed by atoms with Crippen molar-refractivity contribution in [1.82, 2.24) is 0 Å². The number of rotatable bonds is 5. The molecular formula is C15H23NO3. The SMILES string of the molecule is COc1cccc(CC(CN)C(=O)OC(C)(C)C)c1. The minimum absolute atomic E-state index is 0.252. The summed E-state index contributed by atoms with van der Waals surface area (Å²) in [6.45, 7) is 5.82. The van der Waals surface area contributed by atoms with Crippen LogP contribution in [0.3, 0.4) is 0 Å². The third-order valence-electron chi connectivity index (χ3n) is 2.64. The van der Waals surface area contributed by atoms with Crippen LogP contribution in [0, 0.1) is 5.92 Å². The van der Waals surface area contributed by atoms with Gasteiger partial charge in [-0.3, -0.25) is 4.79 Å². The van der Waals surface area contributed by atoms with E-state index in [1.165, 1.54) is 0 Å². The van der Waals surface area contributed by atoms with E-state index in [1.807, 2.05) is 45.0 Å². The molecule has 1 unspecified atom stereocenters. The fraction of sp³-hybridized carbons (Fsp3) is 0.533. The third-order valence-corrected chi connectivity index (χ3v) is 2.64. The lowest BCUT2D eigenvalue weighted by atomic mass is 9.99. The molecule has 0 amide bonds. The molecule has 4 nitrogen and oxygen atoms in total. The molecule has 0 aliphatic heterocycles. The maximum atomic E-state index is 12.0. The zero-order valence-electron chi connectivity index (χ0n) is 12.1. The minimum Gasteiger partial charge on any atom is -0.497 e. The number of carbonyl (C=O) groups is 1. The fourth-order valence-corrected chi connectivity index (χ4v) is 1.73. The van der Waals surface area contributed by atoms with Crippen molar-refractivity contribution in [3.8, 4) is 5.75 Å². The molecule has 1 atom stereocenters. The van der Waals surface area contributed by atoms with Crippen LogP contribution in [0.4, 0.5) is 0 Å². The fourth-order valence-electron chi connectivity index (χ4n) is 1.73. The highest BCUT2D eigenvalue weighted by molar-refractivity contribution is 5.73. The molecule has 0 saturated carbocycles. The lowest BCUT2D eigenvalue weighted by Gasteiger charge is -2.23. The van der Waals surface area contributed by atoms with Crippen molar-refractivity contribution < 1.29 is 14.3 Å². The van der Waals surface area contributed by atoms with Crippen LogP contribution < -0.4 is 10.5 Å². The Kier molecular flexibility index (Phi) is 5.36. The van der Waals surface area contributed by atoms with Crippen molar-refractivity contribution in [2.45, 2.75) is 32.8 Å². The maximum Gasteiger partial charge on any atom is 0.311 e. The molecule has 0 heterocycles. The molecule has 1 aromatic rings. The summed E-state index contributed by atoms with van der Waals surface area (Å²) >= 11 is 0. The molecule has 4 heteroatoms. The van der Waals surface area contributed by atoms with Crippen molar-refractivity contribution in [2.75, 3.05) is 13.7 Å². The van der Waals surface area contributed by atoms with Gasteiger partial charge in [-0.15, -0.1) is 0 Å². The summed E-state index contributed by atoms with van der Waals surface area (Å²) in [7, 11) is 1.62. The standard InChI is InChI=1S/C15H23NO3/c1-15(2,3)19-14(17)12(10-16)8-11-6-5-7-13(9-11)18-4/h5-7,9,12H,8,10,16H2,1-4H3. The van der Waals surface area contributed by atoms with Crippen LogP contribution in [-0.4, -0.2) is 25.2 Å². The van der Waals surface area contributed by atoms with Gasteiger partial charge in [-0.2, -0.15) is 0 Å². The van der Waals surface area contributed by atoms with Crippen molar-refractivity contribution in [3.63, 3.8) is 0 Å². The van der Waals surface area contributed by atoms with Crippen LogP contribution in [0.2, 0.25) is 0 Å². The van der Waals surface area contributed by atoms with Crippen LogP contribution in [0.5, 0.6) is 5.75 Å². The molecule has 2 N–H and O–H groups in total. The summed E-state index contributed by atoms with van der Waals surface area (Å²) in [4.78, 5) is 12.0. The Labute approximate surface area is 114 Å². The molecule has 0 radical (unpaired) electrons. The smallest absolute Gasteiger partial charge is 0.311 e. The number of hydrogen-bond donors (Lipinski definition) is 1. The molecule has 0 saturated heterocycles. The van der Waals surface area contributed by atoms with E-state index < -0.39 is 5.60 Å². The Balaban J connectivity index is 2.73.